The molecule has 1 saturated heterocycles. The molecular weight excluding hydrogens is 299 g/mol. The molecule has 1 amide bonds. The molecule has 1 N–H and O–H groups in total. The number of hydrogen-bond acceptors (Lipinski definition) is 4. The van der Waals surface area contributed by atoms with Crippen LogP contribution in [0.5, 0.6) is 0 Å². The van der Waals surface area contributed by atoms with Crippen molar-refractivity contribution in [1.82, 2.24) is 9.80 Å². The van der Waals surface area contributed by atoms with Crippen molar-refractivity contribution in [2.75, 3.05) is 39.3 Å². The minimum Gasteiger partial charge on any atom is -0.389 e. The fraction of sp³-hybridized carbons (Fsp3) is 0.588. The monoisotopic (exact) mass is 324 g/mol. The second kappa shape index (κ2) is 8.38. The molecule has 1 aromatic rings. The van der Waals surface area contributed by atoms with E-state index >= 15 is 0 Å². The fourth-order valence-electron chi connectivity index (χ4n) is 2.56. The molecule has 0 aliphatic carbocycles. The summed E-state index contributed by atoms with van der Waals surface area (Å²) < 4.78 is 18.3. The number of halogens is 1. The number of nitrogens with zero attached hydrogens (tertiary/aromatic N) is 2. The standard InChI is InChI=1S/C17H25FN2O3/c1-13(2)23-12-16(21)11-19-7-9-20(10-8-19)17(22)14-3-5-15(18)6-4-14/h3-6,13,16,21H,7-12H2,1-2H3. The van der Waals surface area contributed by atoms with Gasteiger partial charge in [-0.1, -0.05) is 0 Å². The number of ether oxygens (including phenoxy) is 1. The van der Waals surface area contributed by atoms with E-state index in [0.717, 1.165) is 0 Å². The molecule has 1 aliphatic rings. The predicted molar refractivity (Wildman–Crippen MR) is 85.8 cm³/mol. The Morgan fingerprint density at radius 2 is 1.83 bits per heavy atom. The third-order valence-electron chi connectivity index (χ3n) is 3.84. The summed E-state index contributed by atoms with van der Waals surface area (Å²) in [6, 6.07) is 5.62. The van der Waals surface area contributed by atoms with Gasteiger partial charge in [-0.3, -0.25) is 9.69 Å². The summed E-state index contributed by atoms with van der Waals surface area (Å²) in [6.45, 7) is 7.38. The third kappa shape index (κ3) is 5.57. The maximum atomic E-state index is 12.9. The average Bonchev–Trinajstić information content (AvgIpc) is 2.54. The number of aliphatic hydroxyl groups is 1. The molecule has 0 radical (unpaired) electrons. The van der Waals surface area contributed by atoms with Crippen LogP contribution in [-0.4, -0.2) is 72.4 Å². The van der Waals surface area contributed by atoms with Gasteiger partial charge in [0.15, 0.2) is 0 Å². The predicted octanol–water partition coefficient (Wildman–Crippen LogP) is 1.37. The highest BCUT2D eigenvalue weighted by molar-refractivity contribution is 5.94. The van der Waals surface area contributed by atoms with Crippen LogP contribution in [0, 0.1) is 5.82 Å². The van der Waals surface area contributed by atoms with E-state index in [1.807, 2.05) is 13.8 Å². The third-order valence-corrected chi connectivity index (χ3v) is 3.84. The van der Waals surface area contributed by atoms with Crippen LogP contribution in [-0.2, 0) is 4.74 Å². The highest BCUT2D eigenvalue weighted by Crippen LogP contribution is 2.10. The molecule has 1 atom stereocenters. The average molecular weight is 324 g/mol. The first-order valence-corrected chi connectivity index (χ1v) is 8.02. The summed E-state index contributed by atoms with van der Waals surface area (Å²) in [5, 5.41) is 9.95. The SMILES string of the molecule is CC(C)OCC(O)CN1CCN(C(=O)c2ccc(F)cc2)CC1. The van der Waals surface area contributed by atoms with E-state index in [1.165, 1.54) is 24.3 Å². The van der Waals surface area contributed by atoms with Gasteiger partial charge < -0.3 is 14.7 Å². The largest absolute Gasteiger partial charge is 0.389 e. The first-order chi connectivity index (χ1) is 11.0. The smallest absolute Gasteiger partial charge is 0.253 e. The fourth-order valence-corrected chi connectivity index (χ4v) is 2.56. The molecular formula is C17H25FN2O3. The summed E-state index contributed by atoms with van der Waals surface area (Å²) in [5.41, 5.74) is 0.505. The molecule has 2 rings (SSSR count). The summed E-state index contributed by atoms with van der Waals surface area (Å²) in [6.07, 6.45) is -0.411. The summed E-state index contributed by atoms with van der Waals surface area (Å²) in [4.78, 5) is 16.2. The number of β-amino-alcohol motifs (C(OH)–C–C–N with tert-alkyl or cyclic N) is 1. The lowest BCUT2D eigenvalue weighted by molar-refractivity contribution is -0.0137. The summed E-state index contributed by atoms with van der Waals surface area (Å²) in [7, 11) is 0. The number of hydrogen-bond donors (Lipinski definition) is 1. The number of carbonyl (C=O) groups is 1. The first-order valence-electron chi connectivity index (χ1n) is 8.02. The quantitative estimate of drug-likeness (QED) is 0.859. The van der Waals surface area contributed by atoms with Gasteiger partial charge in [-0.25, -0.2) is 4.39 Å². The van der Waals surface area contributed by atoms with Crippen molar-refractivity contribution in [3.63, 3.8) is 0 Å². The van der Waals surface area contributed by atoms with Crippen molar-refractivity contribution >= 4 is 5.91 Å². The second-order valence-electron chi connectivity index (χ2n) is 6.14. The zero-order valence-corrected chi connectivity index (χ0v) is 13.7. The molecule has 5 nitrogen and oxygen atoms in total. The molecule has 0 spiro atoms. The second-order valence-corrected chi connectivity index (χ2v) is 6.14. The van der Waals surface area contributed by atoms with E-state index in [4.69, 9.17) is 4.74 Å². The van der Waals surface area contributed by atoms with Gasteiger partial charge in [0, 0.05) is 38.3 Å². The molecule has 1 heterocycles. The van der Waals surface area contributed by atoms with Crippen molar-refractivity contribution in [2.45, 2.75) is 26.1 Å². The van der Waals surface area contributed by atoms with Crippen LogP contribution in [0.15, 0.2) is 24.3 Å². The van der Waals surface area contributed by atoms with Gasteiger partial charge in [-0.05, 0) is 38.1 Å². The molecule has 1 aromatic carbocycles. The van der Waals surface area contributed by atoms with E-state index in [-0.39, 0.29) is 17.8 Å². The van der Waals surface area contributed by atoms with Crippen LogP contribution < -0.4 is 0 Å². The lowest BCUT2D eigenvalue weighted by atomic mass is 10.1. The molecule has 1 fully saturated rings. The van der Waals surface area contributed by atoms with Crippen LogP contribution in [0.3, 0.4) is 0 Å². The zero-order chi connectivity index (χ0) is 16.8. The van der Waals surface area contributed by atoms with E-state index < -0.39 is 6.10 Å². The van der Waals surface area contributed by atoms with Crippen molar-refractivity contribution in [3.05, 3.63) is 35.6 Å². The molecule has 6 heteroatoms. The minimum atomic E-state index is -0.517. The van der Waals surface area contributed by atoms with Crippen LogP contribution in [0.2, 0.25) is 0 Å². The van der Waals surface area contributed by atoms with Gasteiger partial charge in [0.2, 0.25) is 0 Å². The van der Waals surface area contributed by atoms with E-state index in [2.05, 4.69) is 4.90 Å². The Balaban J connectivity index is 1.77. The summed E-state index contributed by atoms with van der Waals surface area (Å²) in [5.74, 6) is -0.419. The van der Waals surface area contributed by atoms with Gasteiger partial charge in [0.05, 0.1) is 18.8 Å². The molecule has 0 saturated carbocycles. The maximum absolute atomic E-state index is 12.9. The van der Waals surface area contributed by atoms with Crippen LogP contribution in [0.25, 0.3) is 0 Å². The minimum absolute atomic E-state index is 0.0756. The Morgan fingerprint density at radius 1 is 1.22 bits per heavy atom. The number of aliphatic hydroxyl groups excluding tert-OH is 1. The molecule has 128 valence electrons. The van der Waals surface area contributed by atoms with Crippen LogP contribution in [0.4, 0.5) is 4.39 Å². The Morgan fingerprint density at radius 3 is 2.39 bits per heavy atom. The first kappa shape index (κ1) is 17.8. The van der Waals surface area contributed by atoms with Crippen LogP contribution >= 0.6 is 0 Å². The number of benzene rings is 1. The Hall–Kier alpha value is -1.50. The molecule has 1 aliphatic heterocycles. The van der Waals surface area contributed by atoms with E-state index in [1.54, 1.807) is 4.90 Å². The van der Waals surface area contributed by atoms with Gasteiger partial charge >= 0.3 is 0 Å². The molecule has 1 unspecified atom stereocenters. The lowest BCUT2D eigenvalue weighted by Crippen LogP contribution is -2.50. The normalized spacial score (nSPS) is 17.5. The number of carbonyl (C=O) groups excluding carboxylic acids is 1. The highest BCUT2D eigenvalue weighted by atomic mass is 19.1. The number of amides is 1. The number of rotatable bonds is 6. The Bertz CT molecular complexity index is 499. The van der Waals surface area contributed by atoms with Gasteiger partial charge in [0.25, 0.3) is 5.91 Å². The van der Waals surface area contributed by atoms with E-state index in [9.17, 15) is 14.3 Å². The molecule has 23 heavy (non-hydrogen) atoms. The topological polar surface area (TPSA) is 53.0 Å². The van der Waals surface area contributed by atoms with Crippen molar-refractivity contribution in [3.8, 4) is 0 Å². The van der Waals surface area contributed by atoms with Gasteiger partial charge in [-0.2, -0.15) is 0 Å². The lowest BCUT2D eigenvalue weighted by Gasteiger charge is -2.35. The van der Waals surface area contributed by atoms with Crippen molar-refractivity contribution in [1.29, 1.82) is 0 Å². The van der Waals surface area contributed by atoms with Crippen molar-refractivity contribution < 1.29 is 19.0 Å². The molecule has 0 bridgehead atoms. The molecule has 0 aromatic heterocycles. The van der Waals surface area contributed by atoms with E-state index in [0.29, 0.717) is 44.9 Å². The van der Waals surface area contributed by atoms with Gasteiger partial charge in [-0.15, -0.1) is 0 Å². The maximum Gasteiger partial charge on any atom is 0.253 e. The Labute approximate surface area is 136 Å². The van der Waals surface area contributed by atoms with Crippen molar-refractivity contribution in [2.24, 2.45) is 0 Å². The highest BCUT2D eigenvalue weighted by Gasteiger charge is 2.23. The number of piperazine rings is 1. The Kier molecular flexibility index (Phi) is 6.50. The van der Waals surface area contributed by atoms with Gasteiger partial charge in [0.1, 0.15) is 5.82 Å². The summed E-state index contributed by atoms with van der Waals surface area (Å²) >= 11 is 0. The van der Waals surface area contributed by atoms with Crippen LogP contribution in [0.1, 0.15) is 24.2 Å². The zero-order valence-electron chi connectivity index (χ0n) is 13.7.